The van der Waals surface area contributed by atoms with Gasteiger partial charge in [-0.05, 0) is 65.2 Å². The molecule has 6 rings (SSSR count). The Bertz CT molecular complexity index is 1660. The van der Waals surface area contributed by atoms with Crippen molar-refractivity contribution in [2.45, 2.75) is 18.0 Å². The van der Waals surface area contributed by atoms with Crippen LogP contribution in [0, 0.1) is 0 Å². The molecule has 0 unspecified atom stereocenters. The Morgan fingerprint density at radius 3 is 2.77 bits per heavy atom. The molecule has 0 saturated carbocycles. The summed E-state index contributed by atoms with van der Waals surface area (Å²) in [5.74, 6) is 1.08. The van der Waals surface area contributed by atoms with E-state index in [4.69, 9.17) is 9.47 Å². The molecule has 2 aliphatic rings. The van der Waals surface area contributed by atoms with Gasteiger partial charge in [-0.15, -0.1) is 0 Å². The summed E-state index contributed by atoms with van der Waals surface area (Å²) in [6.45, 7) is 1.81. The Balaban J connectivity index is 1.19. The van der Waals surface area contributed by atoms with Crippen molar-refractivity contribution in [3.63, 3.8) is 0 Å². The number of aromatic nitrogens is 2. The third-order valence-electron chi connectivity index (χ3n) is 6.74. The second-order valence-corrected chi connectivity index (χ2v) is 11.4. The molecule has 39 heavy (non-hydrogen) atoms. The highest BCUT2D eigenvalue weighted by Crippen LogP contribution is 2.35. The number of carbonyl (C=O) groups is 1. The predicted octanol–water partition coefficient (Wildman–Crippen LogP) is 3.91. The number of rotatable bonds is 5. The van der Waals surface area contributed by atoms with Crippen molar-refractivity contribution in [1.82, 2.24) is 15.3 Å². The zero-order valence-corrected chi connectivity index (χ0v) is 21.9. The van der Waals surface area contributed by atoms with Gasteiger partial charge in [-0.25, -0.2) is 13.4 Å². The lowest BCUT2D eigenvalue weighted by Gasteiger charge is -2.30. The van der Waals surface area contributed by atoms with Crippen molar-refractivity contribution in [3.05, 3.63) is 95.9 Å². The highest BCUT2D eigenvalue weighted by molar-refractivity contribution is 7.91. The highest BCUT2D eigenvalue weighted by atomic mass is 32.2. The zero-order valence-electron chi connectivity index (χ0n) is 21.0. The second-order valence-electron chi connectivity index (χ2n) is 9.29. The van der Waals surface area contributed by atoms with Gasteiger partial charge in [-0.1, -0.05) is 18.2 Å². The van der Waals surface area contributed by atoms with Gasteiger partial charge in [0.25, 0.3) is 5.91 Å². The molecule has 4 aromatic rings. The van der Waals surface area contributed by atoms with Crippen molar-refractivity contribution in [2.75, 3.05) is 30.4 Å². The van der Waals surface area contributed by atoms with Gasteiger partial charge in [0, 0.05) is 23.6 Å². The van der Waals surface area contributed by atoms with Crippen molar-refractivity contribution in [1.29, 1.82) is 0 Å². The molecule has 1 N–H and O–H groups in total. The minimum absolute atomic E-state index is 0.0997. The number of ether oxygens (including phenoxy) is 2. The molecule has 0 radical (unpaired) electrons. The number of pyridine rings is 2. The van der Waals surface area contributed by atoms with Crippen LogP contribution in [-0.2, 0) is 27.7 Å². The van der Waals surface area contributed by atoms with Gasteiger partial charge < -0.3 is 19.7 Å². The molecule has 0 saturated heterocycles. The fraction of sp³-hybridized carbons (Fsp3) is 0.207. The maximum atomic E-state index is 12.9. The highest BCUT2D eigenvalue weighted by Gasteiger charge is 2.24. The summed E-state index contributed by atoms with van der Waals surface area (Å²) >= 11 is 0. The van der Waals surface area contributed by atoms with Crippen LogP contribution in [0.1, 0.15) is 21.6 Å². The number of amides is 1. The molecular formula is C29H26N4O5S. The van der Waals surface area contributed by atoms with Gasteiger partial charge >= 0.3 is 0 Å². The molecule has 2 aromatic carbocycles. The van der Waals surface area contributed by atoms with E-state index in [1.54, 1.807) is 24.5 Å². The molecule has 0 bridgehead atoms. The number of carbonyl (C=O) groups excluding carboxylic acids is 1. The van der Waals surface area contributed by atoms with Crippen LogP contribution in [0.4, 0.5) is 11.5 Å². The first-order valence-corrected chi connectivity index (χ1v) is 14.3. The molecule has 2 aromatic heterocycles. The van der Waals surface area contributed by atoms with E-state index in [1.807, 2.05) is 42.5 Å². The summed E-state index contributed by atoms with van der Waals surface area (Å²) in [6.07, 6.45) is 3.47. The predicted molar refractivity (Wildman–Crippen MR) is 146 cm³/mol. The Morgan fingerprint density at radius 2 is 1.85 bits per heavy atom. The lowest BCUT2D eigenvalue weighted by atomic mass is 10.0. The van der Waals surface area contributed by atoms with E-state index in [2.05, 4.69) is 26.3 Å². The minimum Gasteiger partial charge on any atom is -0.488 e. The summed E-state index contributed by atoms with van der Waals surface area (Å²) in [7, 11) is -3.50. The van der Waals surface area contributed by atoms with E-state index in [1.165, 1.54) is 6.07 Å². The van der Waals surface area contributed by atoms with Crippen molar-refractivity contribution < 1.29 is 22.7 Å². The molecule has 0 atom stereocenters. The molecular weight excluding hydrogens is 516 g/mol. The van der Waals surface area contributed by atoms with Crippen LogP contribution < -0.4 is 15.0 Å². The SMILES string of the molecule is O=C(NCc1cc(-c2cccc(N3CCOc4cccnc43)c2)ccn1)c1ccc2c(c1)S(=O)(=O)CCOC2. The van der Waals surface area contributed by atoms with E-state index < -0.39 is 9.84 Å². The molecule has 10 heteroatoms. The lowest BCUT2D eigenvalue weighted by molar-refractivity contribution is 0.0950. The maximum Gasteiger partial charge on any atom is 0.251 e. The van der Waals surface area contributed by atoms with Gasteiger partial charge in [-0.2, -0.15) is 0 Å². The van der Waals surface area contributed by atoms with Gasteiger partial charge in [0.1, 0.15) is 6.61 Å². The van der Waals surface area contributed by atoms with Crippen LogP contribution in [0.5, 0.6) is 5.75 Å². The average Bonchev–Trinajstić information content (AvgIpc) is 3.13. The van der Waals surface area contributed by atoms with Gasteiger partial charge in [0.15, 0.2) is 21.4 Å². The second kappa shape index (κ2) is 10.5. The quantitative estimate of drug-likeness (QED) is 0.404. The third kappa shape index (κ3) is 5.21. The smallest absolute Gasteiger partial charge is 0.251 e. The standard InChI is InChI=1S/C29H26N4O5S/c34-29(22-6-7-23-19-37-13-14-39(35,36)27(23)17-22)32-18-24-15-21(8-10-30-24)20-3-1-4-25(16-20)33-11-12-38-26-5-2-9-31-28(26)33/h1-10,15-17H,11-14,18-19H2,(H,32,34). The van der Waals surface area contributed by atoms with Gasteiger partial charge in [0.05, 0.1) is 42.6 Å². The van der Waals surface area contributed by atoms with Gasteiger partial charge in [-0.3, -0.25) is 9.78 Å². The fourth-order valence-corrected chi connectivity index (χ4v) is 6.14. The van der Waals surface area contributed by atoms with E-state index in [0.29, 0.717) is 24.4 Å². The Kier molecular flexibility index (Phi) is 6.72. The topological polar surface area (TPSA) is 111 Å². The molecule has 2 aliphatic heterocycles. The number of benzene rings is 2. The van der Waals surface area contributed by atoms with Crippen LogP contribution >= 0.6 is 0 Å². The van der Waals surface area contributed by atoms with Crippen LogP contribution in [0.15, 0.2) is 84.0 Å². The number of hydrogen-bond donors (Lipinski definition) is 1. The summed E-state index contributed by atoms with van der Waals surface area (Å²) in [5, 5.41) is 2.86. The first-order valence-electron chi connectivity index (χ1n) is 12.6. The van der Waals surface area contributed by atoms with Crippen LogP contribution in [-0.4, -0.2) is 49.8 Å². The Morgan fingerprint density at radius 1 is 0.949 bits per heavy atom. The maximum absolute atomic E-state index is 12.9. The monoisotopic (exact) mass is 542 g/mol. The number of anilines is 2. The average molecular weight is 543 g/mol. The van der Waals surface area contributed by atoms with Crippen LogP contribution in [0.2, 0.25) is 0 Å². The third-order valence-corrected chi connectivity index (χ3v) is 8.49. The molecule has 0 fully saturated rings. The van der Waals surface area contributed by atoms with E-state index in [0.717, 1.165) is 28.4 Å². The Hall–Kier alpha value is -4.28. The number of sulfone groups is 1. The largest absolute Gasteiger partial charge is 0.488 e. The number of nitrogens with zero attached hydrogens (tertiary/aromatic N) is 3. The number of hydrogen-bond acceptors (Lipinski definition) is 8. The molecule has 0 aliphatic carbocycles. The van der Waals surface area contributed by atoms with E-state index >= 15 is 0 Å². The normalized spacial score (nSPS) is 15.8. The van der Waals surface area contributed by atoms with Crippen molar-refractivity contribution in [3.8, 4) is 16.9 Å². The molecule has 198 valence electrons. The lowest BCUT2D eigenvalue weighted by Crippen LogP contribution is -2.29. The fourth-order valence-electron chi connectivity index (χ4n) is 4.75. The summed E-state index contributed by atoms with van der Waals surface area (Å²) < 4.78 is 36.3. The molecule has 9 nitrogen and oxygen atoms in total. The number of nitrogens with one attached hydrogen (secondary N) is 1. The number of fused-ring (bicyclic) bond motifs is 2. The van der Waals surface area contributed by atoms with Crippen molar-refractivity contribution >= 4 is 27.2 Å². The minimum atomic E-state index is -3.50. The Labute approximate surface area is 226 Å². The summed E-state index contributed by atoms with van der Waals surface area (Å²) in [5.41, 5.74) is 4.50. The first-order chi connectivity index (χ1) is 19.0. The summed E-state index contributed by atoms with van der Waals surface area (Å²) in [6, 6.07) is 20.5. The molecule has 4 heterocycles. The van der Waals surface area contributed by atoms with Crippen LogP contribution in [0.3, 0.4) is 0 Å². The molecule has 1 amide bonds. The summed E-state index contributed by atoms with van der Waals surface area (Å²) in [4.78, 5) is 24.1. The van der Waals surface area contributed by atoms with E-state index in [9.17, 15) is 13.2 Å². The van der Waals surface area contributed by atoms with E-state index in [-0.39, 0.29) is 41.9 Å². The van der Waals surface area contributed by atoms with Crippen LogP contribution in [0.25, 0.3) is 11.1 Å². The first kappa shape index (κ1) is 25.0. The van der Waals surface area contributed by atoms with Crippen molar-refractivity contribution in [2.24, 2.45) is 0 Å². The van der Waals surface area contributed by atoms with Gasteiger partial charge in [0.2, 0.25) is 0 Å². The zero-order chi connectivity index (χ0) is 26.8. The molecule has 0 spiro atoms.